The number of fused-ring (bicyclic) bond motifs is 1. The van der Waals surface area contributed by atoms with E-state index in [0.717, 1.165) is 12.2 Å². The molecule has 0 saturated heterocycles. The third-order valence-electron chi connectivity index (χ3n) is 3.34. The molecule has 1 saturated carbocycles. The van der Waals surface area contributed by atoms with E-state index in [0.29, 0.717) is 12.2 Å². The van der Waals surface area contributed by atoms with E-state index in [9.17, 15) is 4.79 Å². The monoisotopic (exact) mass is 194 g/mol. The lowest BCUT2D eigenvalue weighted by atomic mass is 9.84. The second kappa shape index (κ2) is 2.62. The molecule has 14 heavy (non-hydrogen) atoms. The highest BCUT2D eigenvalue weighted by Gasteiger charge is 2.51. The van der Waals surface area contributed by atoms with E-state index in [1.807, 2.05) is 13.0 Å². The predicted octanol–water partition coefficient (Wildman–Crippen LogP) is 2.68. The summed E-state index contributed by atoms with van der Waals surface area (Å²) in [5.74, 6) is 1.32. The molecule has 2 heteroatoms. The maximum absolute atomic E-state index is 11.7. The fraction of sp³-hybridized carbons (Fsp3) is 0.750. The molecule has 1 fully saturated rings. The third-order valence-corrected chi connectivity index (χ3v) is 3.34. The van der Waals surface area contributed by atoms with Gasteiger partial charge in [0.1, 0.15) is 11.9 Å². The molecule has 78 valence electrons. The van der Waals surface area contributed by atoms with Crippen LogP contribution in [0.2, 0.25) is 0 Å². The molecule has 2 atom stereocenters. The standard InChI is InChI=1S/C12H18O2/c1-11(2,3)10-7-12(4)8(13)5-6-9(12)14-10/h7,9H,5-6H2,1-4H3/t9?,12-/m0/s1. The lowest BCUT2D eigenvalue weighted by Gasteiger charge is -2.22. The van der Waals surface area contributed by atoms with Crippen molar-refractivity contribution in [3.8, 4) is 0 Å². The molecular weight excluding hydrogens is 176 g/mol. The minimum atomic E-state index is -0.331. The highest BCUT2D eigenvalue weighted by Crippen LogP contribution is 2.48. The number of Topliss-reactive ketones (excluding diaryl/α,β-unsaturated/α-hetero) is 1. The summed E-state index contributed by atoms with van der Waals surface area (Å²) < 4.78 is 5.86. The summed E-state index contributed by atoms with van der Waals surface area (Å²) >= 11 is 0. The summed E-state index contributed by atoms with van der Waals surface area (Å²) in [6.07, 6.45) is 3.71. The molecule has 2 aliphatic rings. The Morgan fingerprint density at radius 3 is 2.64 bits per heavy atom. The molecule has 2 nitrogen and oxygen atoms in total. The van der Waals surface area contributed by atoms with E-state index < -0.39 is 0 Å². The fourth-order valence-electron chi connectivity index (χ4n) is 2.22. The largest absolute Gasteiger partial charge is 0.493 e. The highest BCUT2D eigenvalue weighted by atomic mass is 16.5. The zero-order valence-electron chi connectivity index (χ0n) is 9.39. The van der Waals surface area contributed by atoms with Gasteiger partial charge in [0.25, 0.3) is 0 Å². The number of rotatable bonds is 0. The first-order valence-corrected chi connectivity index (χ1v) is 5.27. The van der Waals surface area contributed by atoms with Crippen LogP contribution in [0, 0.1) is 10.8 Å². The van der Waals surface area contributed by atoms with Crippen LogP contribution in [0.4, 0.5) is 0 Å². The van der Waals surface area contributed by atoms with E-state index in [4.69, 9.17) is 4.74 Å². The van der Waals surface area contributed by atoms with E-state index in [2.05, 4.69) is 20.8 Å². The minimum Gasteiger partial charge on any atom is -0.493 e. The Morgan fingerprint density at radius 1 is 1.50 bits per heavy atom. The van der Waals surface area contributed by atoms with Crippen LogP contribution in [0.15, 0.2) is 11.8 Å². The average molecular weight is 194 g/mol. The van der Waals surface area contributed by atoms with Gasteiger partial charge in [-0.3, -0.25) is 4.79 Å². The number of hydrogen-bond donors (Lipinski definition) is 0. The molecule has 1 aliphatic carbocycles. The molecular formula is C12H18O2. The Hall–Kier alpha value is -0.790. The van der Waals surface area contributed by atoms with Gasteiger partial charge in [0, 0.05) is 11.8 Å². The molecule has 1 heterocycles. The Morgan fingerprint density at radius 2 is 2.14 bits per heavy atom. The van der Waals surface area contributed by atoms with E-state index >= 15 is 0 Å². The normalized spacial score (nSPS) is 36.7. The van der Waals surface area contributed by atoms with Crippen LogP contribution in [0.3, 0.4) is 0 Å². The SMILES string of the molecule is CC(C)(C)C1=C[C@@]2(C)C(=O)CCC2O1. The molecule has 0 aromatic carbocycles. The Kier molecular flexibility index (Phi) is 1.82. The fourth-order valence-corrected chi connectivity index (χ4v) is 2.22. The zero-order valence-corrected chi connectivity index (χ0v) is 9.39. The van der Waals surface area contributed by atoms with Gasteiger partial charge in [-0.25, -0.2) is 0 Å². The highest BCUT2D eigenvalue weighted by molar-refractivity contribution is 5.90. The molecule has 0 bridgehead atoms. The van der Waals surface area contributed by atoms with Crippen molar-refractivity contribution in [3.63, 3.8) is 0 Å². The Labute approximate surface area is 85.3 Å². The van der Waals surface area contributed by atoms with Gasteiger partial charge in [0.05, 0.1) is 11.2 Å². The summed E-state index contributed by atoms with van der Waals surface area (Å²) in [5.41, 5.74) is -0.309. The first-order valence-electron chi connectivity index (χ1n) is 5.27. The molecule has 0 amide bonds. The first kappa shape index (κ1) is 9.75. The van der Waals surface area contributed by atoms with Crippen LogP contribution in [-0.2, 0) is 9.53 Å². The number of carbonyl (C=O) groups is 1. The van der Waals surface area contributed by atoms with Crippen LogP contribution in [0.5, 0.6) is 0 Å². The molecule has 0 aromatic heterocycles. The summed E-state index contributed by atoms with van der Waals surface area (Å²) in [6, 6.07) is 0. The quantitative estimate of drug-likeness (QED) is 0.592. The van der Waals surface area contributed by atoms with Gasteiger partial charge in [0.15, 0.2) is 0 Å². The molecule has 2 rings (SSSR count). The van der Waals surface area contributed by atoms with E-state index in [-0.39, 0.29) is 16.9 Å². The molecule has 0 radical (unpaired) electrons. The van der Waals surface area contributed by atoms with Gasteiger partial charge >= 0.3 is 0 Å². The maximum atomic E-state index is 11.7. The summed E-state index contributed by atoms with van der Waals surface area (Å²) in [7, 11) is 0. The van der Waals surface area contributed by atoms with Crippen LogP contribution in [0.1, 0.15) is 40.5 Å². The molecule has 0 spiro atoms. The second-order valence-electron chi connectivity index (χ2n) is 5.61. The van der Waals surface area contributed by atoms with Crippen molar-refractivity contribution >= 4 is 5.78 Å². The van der Waals surface area contributed by atoms with Crippen molar-refractivity contribution in [1.82, 2.24) is 0 Å². The van der Waals surface area contributed by atoms with Crippen molar-refractivity contribution in [2.45, 2.75) is 46.6 Å². The second-order valence-corrected chi connectivity index (χ2v) is 5.61. The van der Waals surface area contributed by atoms with E-state index in [1.54, 1.807) is 0 Å². The van der Waals surface area contributed by atoms with Crippen LogP contribution in [-0.4, -0.2) is 11.9 Å². The minimum absolute atomic E-state index is 0.0215. The lowest BCUT2D eigenvalue weighted by molar-refractivity contribution is -0.124. The number of ketones is 1. The van der Waals surface area contributed by atoms with Crippen molar-refractivity contribution < 1.29 is 9.53 Å². The molecule has 0 aromatic rings. The topological polar surface area (TPSA) is 26.3 Å². The van der Waals surface area contributed by atoms with Gasteiger partial charge in [0.2, 0.25) is 0 Å². The van der Waals surface area contributed by atoms with Crippen LogP contribution >= 0.6 is 0 Å². The third kappa shape index (κ3) is 1.20. The molecule has 1 aliphatic heterocycles. The summed E-state index contributed by atoms with van der Waals surface area (Å²) in [5, 5.41) is 0. The number of ether oxygens (including phenoxy) is 1. The van der Waals surface area contributed by atoms with Crippen molar-refractivity contribution in [2.24, 2.45) is 10.8 Å². The average Bonchev–Trinajstić information content (AvgIpc) is 2.49. The van der Waals surface area contributed by atoms with Gasteiger partial charge in [-0.1, -0.05) is 20.8 Å². The van der Waals surface area contributed by atoms with E-state index in [1.165, 1.54) is 0 Å². The van der Waals surface area contributed by atoms with Crippen molar-refractivity contribution in [1.29, 1.82) is 0 Å². The first-order chi connectivity index (χ1) is 6.34. The number of hydrogen-bond acceptors (Lipinski definition) is 2. The zero-order chi connectivity index (χ0) is 10.6. The number of allylic oxidation sites excluding steroid dienone is 1. The van der Waals surface area contributed by atoms with Crippen molar-refractivity contribution in [2.75, 3.05) is 0 Å². The van der Waals surface area contributed by atoms with Crippen molar-refractivity contribution in [3.05, 3.63) is 11.8 Å². The van der Waals surface area contributed by atoms with Crippen LogP contribution in [0.25, 0.3) is 0 Å². The summed E-state index contributed by atoms with van der Waals surface area (Å²) in [4.78, 5) is 11.7. The van der Waals surface area contributed by atoms with Crippen LogP contribution < -0.4 is 0 Å². The Bertz CT molecular complexity index is 309. The summed E-state index contributed by atoms with van der Waals surface area (Å²) in [6.45, 7) is 8.36. The number of carbonyl (C=O) groups excluding carboxylic acids is 1. The van der Waals surface area contributed by atoms with Gasteiger partial charge in [-0.2, -0.15) is 0 Å². The smallest absolute Gasteiger partial charge is 0.146 e. The van der Waals surface area contributed by atoms with Gasteiger partial charge < -0.3 is 4.74 Å². The lowest BCUT2D eigenvalue weighted by Crippen LogP contribution is -2.27. The van der Waals surface area contributed by atoms with Gasteiger partial charge in [-0.05, 0) is 19.4 Å². The van der Waals surface area contributed by atoms with Gasteiger partial charge in [-0.15, -0.1) is 0 Å². The molecule has 0 N–H and O–H groups in total. The molecule has 1 unspecified atom stereocenters. The maximum Gasteiger partial charge on any atom is 0.146 e. The Balaban J connectivity index is 2.34. The predicted molar refractivity (Wildman–Crippen MR) is 54.8 cm³/mol.